The largest absolute Gasteiger partial charge is 0.494 e. The highest BCUT2D eigenvalue weighted by Gasteiger charge is 2.36. The molecule has 0 spiro atoms. The van der Waals surface area contributed by atoms with Crippen molar-refractivity contribution in [1.82, 2.24) is 10.6 Å². The number of guanidine groups is 1. The Bertz CT molecular complexity index is 533. The first kappa shape index (κ1) is 22.0. The van der Waals surface area contributed by atoms with Crippen molar-refractivity contribution in [3.05, 3.63) is 29.8 Å². The molecule has 0 saturated heterocycles. The van der Waals surface area contributed by atoms with Crippen molar-refractivity contribution in [2.24, 2.45) is 10.4 Å². The predicted octanol–water partition coefficient (Wildman–Crippen LogP) is 3.58. The van der Waals surface area contributed by atoms with Crippen LogP contribution in [0.2, 0.25) is 0 Å². The average molecular weight is 461 g/mol. The summed E-state index contributed by atoms with van der Waals surface area (Å²) >= 11 is 0. The molecule has 25 heavy (non-hydrogen) atoms. The standard InChI is InChI=1S/C19H31N3O2.HI/c1-4-24-17-8-5-7-16(13-17)14-21-18(20-2)22-15-19(9-6-10-19)11-12-23-3;/h5,7-8,13H,4,6,9-12,14-15H2,1-3H3,(H2,20,21,22);1H. The van der Waals surface area contributed by atoms with Crippen molar-refractivity contribution >= 4 is 29.9 Å². The summed E-state index contributed by atoms with van der Waals surface area (Å²) in [4.78, 5) is 4.34. The molecule has 0 aliphatic heterocycles. The molecule has 0 heterocycles. The Labute approximate surface area is 169 Å². The van der Waals surface area contributed by atoms with Gasteiger partial charge in [-0.25, -0.2) is 0 Å². The van der Waals surface area contributed by atoms with Crippen LogP contribution in [0.1, 0.15) is 38.2 Å². The van der Waals surface area contributed by atoms with E-state index in [1.165, 1.54) is 24.8 Å². The van der Waals surface area contributed by atoms with Crippen molar-refractivity contribution in [1.29, 1.82) is 0 Å². The van der Waals surface area contributed by atoms with E-state index < -0.39 is 0 Å². The molecule has 142 valence electrons. The molecule has 0 radical (unpaired) electrons. The molecule has 0 atom stereocenters. The molecule has 2 N–H and O–H groups in total. The molecular formula is C19H32IN3O2. The van der Waals surface area contributed by atoms with Crippen LogP contribution in [0.25, 0.3) is 0 Å². The molecule has 5 nitrogen and oxygen atoms in total. The number of methoxy groups -OCH3 is 1. The van der Waals surface area contributed by atoms with E-state index in [0.717, 1.165) is 37.8 Å². The number of rotatable bonds is 9. The van der Waals surface area contributed by atoms with Gasteiger partial charge in [-0.05, 0) is 49.3 Å². The number of hydrogen-bond acceptors (Lipinski definition) is 3. The summed E-state index contributed by atoms with van der Waals surface area (Å²) in [6, 6.07) is 8.16. The SMILES string of the molecule is CCOc1cccc(CNC(=NC)NCC2(CCOC)CCC2)c1.I. The van der Waals surface area contributed by atoms with Crippen LogP contribution in [0.4, 0.5) is 0 Å². The highest BCUT2D eigenvalue weighted by atomic mass is 127. The summed E-state index contributed by atoms with van der Waals surface area (Å²) in [6.07, 6.45) is 4.99. The lowest BCUT2D eigenvalue weighted by atomic mass is 9.67. The van der Waals surface area contributed by atoms with E-state index in [-0.39, 0.29) is 24.0 Å². The van der Waals surface area contributed by atoms with E-state index >= 15 is 0 Å². The first-order valence-electron chi connectivity index (χ1n) is 8.86. The maximum Gasteiger partial charge on any atom is 0.191 e. The van der Waals surface area contributed by atoms with E-state index in [1.807, 2.05) is 26.1 Å². The number of hydrogen-bond donors (Lipinski definition) is 2. The second kappa shape index (κ2) is 11.6. The fraction of sp³-hybridized carbons (Fsp3) is 0.632. The van der Waals surface area contributed by atoms with Gasteiger partial charge in [0.15, 0.2) is 5.96 Å². The normalized spacial score (nSPS) is 15.7. The molecule has 6 heteroatoms. The highest BCUT2D eigenvalue weighted by Crippen LogP contribution is 2.43. The smallest absolute Gasteiger partial charge is 0.191 e. The monoisotopic (exact) mass is 461 g/mol. The molecule has 0 aromatic heterocycles. The molecule has 2 rings (SSSR count). The van der Waals surface area contributed by atoms with Crippen LogP contribution in [0.5, 0.6) is 5.75 Å². The van der Waals surface area contributed by atoms with Crippen LogP contribution >= 0.6 is 24.0 Å². The summed E-state index contributed by atoms with van der Waals surface area (Å²) in [5, 5.41) is 6.87. The minimum atomic E-state index is 0. The zero-order valence-electron chi connectivity index (χ0n) is 15.6. The Morgan fingerprint density at radius 1 is 1.28 bits per heavy atom. The number of nitrogens with one attached hydrogen (secondary N) is 2. The molecule has 1 saturated carbocycles. The third-order valence-corrected chi connectivity index (χ3v) is 4.77. The van der Waals surface area contributed by atoms with Gasteiger partial charge in [-0.15, -0.1) is 24.0 Å². The lowest BCUT2D eigenvalue weighted by Gasteiger charge is -2.42. The van der Waals surface area contributed by atoms with Gasteiger partial charge >= 0.3 is 0 Å². The third-order valence-electron chi connectivity index (χ3n) is 4.77. The van der Waals surface area contributed by atoms with E-state index in [9.17, 15) is 0 Å². The van der Waals surface area contributed by atoms with Crippen LogP contribution in [-0.2, 0) is 11.3 Å². The number of nitrogens with zero attached hydrogens (tertiary/aromatic N) is 1. The Morgan fingerprint density at radius 3 is 2.68 bits per heavy atom. The van der Waals surface area contributed by atoms with Crippen LogP contribution in [0, 0.1) is 5.41 Å². The Balaban J connectivity index is 0.00000312. The fourth-order valence-corrected chi connectivity index (χ4v) is 3.10. The minimum absolute atomic E-state index is 0. The van der Waals surface area contributed by atoms with Gasteiger partial charge in [-0.3, -0.25) is 4.99 Å². The maximum atomic E-state index is 5.55. The summed E-state index contributed by atoms with van der Waals surface area (Å²) < 4.78 is 10.8. The fourth-order valence-electron chi connectivity index (χ4n) is 3.10. The summed E-state index contributed by atoms with van der Waals surface area (Å²) in [5.41, 5.74) is 1.56. The van der Waals surface area contributed by atoms with Crippen LogP contribution in [0.15, 0.2) is 29.3 Å². The first-order valence-corrected chi connectivity index (χ1v) is 8.86. The molecule has 1 fully saturated rings. The third kappa shape index (κ3) is 7.01. The summed E-state index contributed by atoms with van der Waals surface area (Å²) in [7, 11) is 3.59. The molecule has 0 unspecified atom stereocenters. The van der Waals surface area contributed by atoms with Crippen LogP contribution < -0.4 is 15.4 Å². The summed E-state index contributed by atoms with van der Waals surface area (Å²) in [5.74, 6) is 1.76. The van der Waals surface area contributed by atoms with Gasteiger partial charge in [0.05, 0.1) is 6.61 Å². The van der Waals surface area contributed by atoms with Crippen LogP contribution in [-0.4, -0.2) is 39.9 Å². The average Bonchev–Trinajstić information content (AvgIpc) is 2.57. The van der Waals surface area contributed by atoms with E-state index in [2.05, 4.69) is 27.8 Å². The summed E-state index contributed by atoms with van der Waals surface area (Å²) in [6.45, 7) is 5.19. The van der Waals surface area contributed by atoms with Gasteiger partial charge in [0.2, 0.25) is 0 Å². The van der Waals surface area contributed by atoms with Crippen molar-refractivity contribution in [3.8, 4) is 5.75 Å². The molecule has 1 aliphatic carbocycles. The molecule has 0 amide bonds. The van der Waals surface area contributed by atoms with Gasteiger partial charge in [-0.1, -0.05) is 18.6 Å². The second-order valence-corrected chi connectivity index (χ2v) is 6.46. The van der Waals surface area contributed by atoms with Crippen molar-refractivity contribution in [2.75, 3.05) is 33.9 Å². The van der Waals surface area contributed by atoms with E-state index in [4.69, 9.17) is 9.47 Å². The second-order valence-electron chi connectivity index (χ2n) is 6.46. The highest BCUT2D eigenvalue weighted by molar-refractivity contribution is 14.0. The Hall–Kier alpha value is -1.02. The first-order chi connectivity index (χ1) is 11.7. The molecule has 1 aliphatic rings. The number of ether oxygens (including phenoxy) is 2. The zero-order chi connectivity index (χ0) is 17.3. The van der Waals surface area contributed by atoms with Crippen molar-refractivity contribution in [3.63, 3.8) is 0 Å². The Kier molecular flexibility index (Phi) is 10.2. The van der Waals surface area contributed by atoms with Gasteiger partial charge in [0, 0.05) is 33.9 Å². The molecular weight excluding hydrogens is 429 g/mol. The van der Waals surface area contributed by atoms with Crippen molar-refractivity contribution < 1.29 is 9.47 Å². The lowest BCUT2D eigenvalue weighted by Crippen LogP contribution is -2.46. The molecule has 1 aromatic rings. The molecule has 1 aromatic carbocycles. The quantitative estimate of drug-likeness (QED) is 0.336. The number of aliphatic imine (C=N–C) groups is 1. The van der Waals surface area contributed by atoms with Crippen LogP contribution in [0.3, 0.4) is 0 Å². The van der Waals surface area contributed by atoms with Gasteiger partial charge in [0.25, 0.3) is 0 Å². The zero-order valence-corrected chi connectivity index (χ0v) is 18.0. The van der Waals surface area contributed by atoms with Gasteiger partial charge < -0.3 is 20.1 Å². The number of halogens is 1. The van der Waals surface area contributed by atoms with Crippen molar-refractivity contribution in [2.45, 2.75) is 39.2 Å². The van der Waals surface area contributed by atoms with E-state index in [1.54, 1.807) is 7.11 Å². The minimum Gasteiger partial charge on any atom is -0.494 e. The predicted molar refractivity (Wildman–Crippen MR) is 114 cm³/mol. The van der Waals surface area contributed by atoms with E-state index in [0.29, 0.717) is 12.0 Å². The Morgan fingerprint density at radius 2 is 2.08 bits per heavy atom. The lowest BCUT2D eigenvalue weighted by molar-refractivity contribution is 0.0732. The van der Waals surface area contributed by atoms with Gasteiger partial charge in [-0.2, -0.15) is 0 Å². The topological polar surface area (TPSA) is 54.9 Å². The maximum absolute atomic E-state index is 5.55. The van der Waals surface area contributed by atoms with Gasteiger partial charge in [0.1, 0.15) is 5.75 Å². The number of benzene rings is 1. The molecule has 0 bridgehead atoms.